The molecule has 2 heterocycles. The molecule has 170 valence electrons. The van der Waals surface area contributed by atoms with Crippen LogP contribution in [0.5, 0.6) is 5.75 Å². The molecule has 1 unspecified atom stereocenters. The van der Waals surface area contributed by atoms with Gasteiger partial charge in [0.15, 0.2) is 0 Å². The number of nitrogens with zero attached hydrogens (tertiary/aromatic N) is 3. The average molecular weight is 475 g/mol. The number of rotatable bonds is 6. The lowest BCUT2D eigenvalue weighted by Gasteiger charge is -2.26. The molecule has 1 N–H and O–H groups in total. The quantitative estimate of drug-likeness (QED) is 0.298. The number of hydrogen-bond acceptors (Lipinski definition) is 5. The number of nitro benzene ring substituents is 1. The molecule has 9 heteroatoms. The van der Waals surface area contributed by atoms with Gasteiger partial charge in [-0.05, 0) is 47.5 Å². The number of benzene rings is 3. The minimum atomic E-state index is -0.561. The van der Waals surface area contributed by atoms with Crippen LogP contribution in [0.1, 0.15) is 33.2 Å². The predicted molar refractivity (Wildman–Crippen MR) is 127 cm³/mol. The number of ether oxygens (including phenoxy) is 1. The molecule has 4 aromatic rings. The van der Waals surface area contributed by atoms with Crippen LogP contribution in [0.25, 0.3) is 11.3 Å². The number of amides is 1. The number of methoxy groups -OCH3 is 1. The first-order chi connectivity index (χ1) is 16.5. The van der Waals surface area contributed by atoms with Crippen molar-refractivity contribution in [3.05, 3.63) is 110 Å². The Morgan fingerprint density at radius 1 is 1.12 bits per heavy atom. The summed E-state index contributed by atoms with van der Waals surface area (Å²) in [5.74, 6) is 0.473. The third kappa shape index (κ3) is 3.78. The van der Waals surface area contributed by atoms with E-state index in [9.17, 15) is 14.9 Å². The highest BCUT2D eigenvalue weighted by Crippen LogP contribution is 2.44. The number of non-ortho nitro benzene ring substituents is 1. The fourth-order valence-electron chi connectivity index (χ4n) is 4.27. The van der Waals surface area contributed by atoms with Crippen molar-refractivity contribution in [2.75, 3.05) is 7.11 Å². The molecule has 3 aromatic carbocycles. The van der Waals surface area contributed by atoms with E-state index < -0.39 is 11.0 Å². The number of nitro groups is 1. The number of H-pyrrole nitrogens is 1. The van der Waals surface area contributed by atoms with Crippen LogP contribution in [-0.4, -0.2) is 33.0 Å². The molecular weight excluding hydrogens is 456 g/mol. The third-order valence-electron chi connectivity index (χ3n) is 5.89. The third-order valence-corrected chi connectivity index (χ3v) is 6.14. The van der Waals surface area contributed by atoms with Crippen molar-refractivity contribution in [3.8, 4) is 17.0 Å². The van der Waals surface area contributed by atoms with Gasteiger partial charge in [0.25, 0.3) is 11.6 Å². The van der Waals surface area contributed by atoms with Gasteiger partial charge in [-0.15, -0.1) is 0 Å². The minimum Gasteiger partial charge on any atom is -0.497 e. The summed E-state index contributed by atoms with van der Waals surface area (Å²) < 4.78 is 5.25. The van der Waals surface area contributed by atoms with E-state index in [0.717, 1.165) is 11.1 Å². The number of nitrogens with one attached hydrogen (secondary N) is 1. The molecule has 0 radical (unpaired) electrons. The van der Waals surface area contributed by atoms with E-state index in [0.29, 0.717) is 39.8 Å². The summed E-state index contributed by atoms with van der Waals surface area (Å²) in [6.45, 7) is 0.300. The zero-order valence-electron chi connectivity index (χ0n) is 18.1. The van der Waals surface area contributed by atoms with Crippen molar-refractivity contribution < 1.29 is 14.5 Å². The number of aromatic nitrogens is 2. The highest BCUT2D eigenvalue weighted by Gasteiger charge is 2.42. The lowest BCUT2D eigenvalue weighted by atomic mass is 9.95. The highest BCUT2D eigenvalue weighted by atomic mass is 35.5. The maximum Gasteiger partial charge on any atom is 0.273 e. The van der Waals surface area contributed by atoms with Gasteiger partial charge < -0.3 is 9.64 Å². The first-order valence-electron chi connectivity index (χ1n) is 10.5. The molecule has 1 atom stereocenters. The second-order valence-electron chi connectivity index (χ2n) is 7.90. The summed E-state index contributed by atoms with van der Waals surface area (Å²) in [4.78, 5) is 26.2. The van der Waals surface area contributed by atoms with E-state index in [1.54, 1.807) is 36.3 Å². The van der Waals surface area contributed by atoms with E-state index in [1.165, 1.54) is 12.1 Å². The molecule has 1 amide bonds. The molecule has 1 aliphatic rings. The number of halogens is 1. The van der Waals surface area contributed by atoms with Crippen LogP contribution >= 0.6 is 11.6 Å². The van der Waals surface area contributed by atoms with Crippen molar-refractivity contribution in [3.63, 3.8) is 0 Å². The van der Waals surface area contributed by atoms with Crippen LogP contribution < -0.4 is 4.74 Å². The number of hydrogen-bond donors (Lipinski definition) is 1. The predicted octanol–water partition coefficient (Wildman–Crippen LogP) is 5.39. The Hall–Kier alpha value is -4.17. The minimum absolute atomic E-state index is 0.0423. The van der Waals surface area contributed by atoms with E-state index in [4.69, 9.17) is 16.3 Å². The summed E-state index contributed by atoms with van der Waals surface area (Å²) in [5.41, 5.74) is 3.94. The Labute approximate surface area is 199 Å². The zero-order chi connectivity index (χ0) is 23.8. The Balaban J connectivity index is 1.64. The summed E-state index contributed by atoms with van der Waals surface area (Å²) in [5, 5.41) is 19.4. The molecule has 0 aliphatic carbocycles. The molecule has 1 aliphatic heterocycles. The van der Waals surface area contributed by atoms with Crippen LogP contribution in [0.3, 0.4) is 0 Å². The van der Waals surface area contributed by atoms with Crippen molar-refractivity contribution in [2.24, 2.45) is 0 Å². The number of carbonyl (C=O) groups is 1. The zero-order valence-corrected chi connectivity index (χ0v) is 18.8. The Kier molecular flexibility index (Phi) is 5.51. The number of carbonyl (C=O) groups excluding carboxylic acids is 1. The van der Waals surface area contributed by atoms with Crippen LogP contribution in [-0.2, 0) is 6.54 Å². The van der Waals surface area contributed by atoms with Gasteiger partial charge in [-0.2, -0.15) is 5.10 Å². The Morgan fingerprint density at radius 3 is 2.53 bits per heavy atom. The van der Waals surface area contributed by atoms with Gasteiger partial charge in [-0.3, -0.25) is 20.0 Å². The largest absolute Gasteiger partial charge is 0.497 e. The summed E-state index contributed by atoms with van der Waals surface area (Å²) >= 11 is 6.03. The maximum atomic E-state index is 13.5. The summed E-state index contributed by atoms with van der Waals surface area (Å²) in [7, 11) is 1.59. The Morgan fingerprint density at radius 2 is 1.85 bits per heavy atom. The van der Waals surface area contributed by atoms with Crippen LogP contribution in [0.4, 0.5) is 5.69 Å². The maximum absolute atomic E-state index is 13.5. The molecule has 0 spiro atoms. The van der Waals surface area contributed by atoms with Crippen LogP contribution in [0.2, 0.25) is 5.02 Å². The highest BCUT2D eigenvalue weighted by molar-refractivity contribution is 6.30. The van der Waals surface area contributed by atoms with Gasteiger partial charge in [-0.25, -0.2) is 0 Å². The lowest BCUT2D eigenvalue weighted by molar-refractivity contribution is -0.384. The molecule has 0 bridgehead atoms. The fourth-order valence-corrected chi connectivity index (χ4v) is 4.40. The van der Waals surface area contributed by atoms with E-state index >= 15 is 0 Å². The monoisotopic (exact) mass is 474 g/mol. The first-order valence-corrected chi connectivity index (χ1v) is 10.9. The van der Waals surface area contributed by atoms with E-state index in [-0.39, 0.29) is 11.6 Å². The van der Waals surface area contributed by atoms with Gasteiger partial charge >= 0.3 is 0 Å². The topological polar surface area (TPSA) is 101 Å². The lowest BCUT2D eigenvalue weighted by Crippen LogP contribution is -2.29. The van der Waals surface area contributed by atoms with Gasteiger partial charge in [-0.1, -0.05) is 35.9 Å². The normalized spacial score (nSPS) is 14.8. The molecular formula is C25H19ClN4O4. The summed E-state index contributed by atoms with van der Waals surface area (Å²) in [6, 6.07) is 20.4. The number of fused-ring (bicyclic) bond motifs is 1. The standard InChI is InChI=1S/C25H19ClN4O4/c1-34-20-11-7-16(8-12-20)22-21-23(28-27-22)25(31)29(14-15-5-9-18(26)10-6-15)24(21)17-3-2-4-19(13-17)30(32)33/h2-13,24H,14H2,1H3,(H,27,28). The second kappa shape index (κ2) is 8.64. The molecule has 1 aromatic heterocycles. The SMILES string of the molecule is COc1ccc(-c2n[nH]c3c2C(c2cccc([N+](=O)[O-])c2)N(Cc2ccc(Cl)cc2)C3=O)cc1. The van der Waals surface area contributed by atoms with Gasteiger partial charge in [0.1, 0.15) is 11.4 Å². The molecule has 0 saturated carbocycles. The van der Waals surface area contributed by atoms with E-state index in [1.807, 2.05) is 36.4 Å². The summed E-state index contributed by atoms with van der Waals surface area (Å²) in [6.07, 6.45) is 0. The first kappa shape index (κ1) is 21.7. The molecule has 0 saturated heterocycles. The van der Waals surface area contributed by atoms with E-state index in [2.05, 4.69) is 10.2 Å². The van der Waals surface area contributed by atoms with Gasteiger partial charge in [0.2, 0.25) is 0 Å². The van der Waals surface area contributed by atoms with Gasteiger partial charge in [0.05, 0.1) is 23.8 Å². The molecule has 0 fully saturated rings. The second-order valence-corrected chi connectivity index (χ2v) is 8.34. The molecule has 34 heavy (non-hydrogen) atoms. The fraction of sp³-hybridized carbons (Fsp3) is 0.120. The molecule has 8 nitrogen and oxygen atoms in total. The van der Waals surface area contributed by atoms with Crippen molar-refractivity contribution >= 4 is 23.2 Å². The molecule has 5 rings (SSSR count). The van der Waals surface area contributed by atoms with Crippen LogP contribution in [0, 0.1) is 10.1 Å². The smallest absolute Gasteiger partial charge is 0.273 e. The van der Waals surface area contributed by atoms with Crippen molar-refractivity contribution in [1.82, 2.24) is 15.1 Å². The Bertz CT molecular complexity index is 1380. The number of aromatic amines is 1. The van der Waals surface area contributed by atoms with Gasteiger partial charge in [0, 0.05) is 34.8 Å². The van der Waals surface area contributed by atoms with Crippen molar-refractivity contribution in [2.45, 2.75) is 12.6 Å². The van der Waals surface area contributed by atoms with Crippen LogP contribution in [0.15, 0.2) is 72.8 Å². The van der Waals surface area contributed by atoms with Crippen molar-refractivity contribution in [1.29, 1.82) is 0 Å². The average Bonchev–Trinajstić information content (AvgIpc) is 3.40.